The molecule has 0 spiro atoms. The molecule has 1 aromatic rings. The van der Waals surface area contributed by atoms with E-state index in [2.05, 4.69) is 0 Å². The summed E-state index contributed by atoms with van der Waals surface area (Å²) in [6, 6.07) is 8.20. The average Bonchev–Trinajstić information content (AvgIpc) is 2.61. The molecule has 9 nitrogen and oxygen atoms in total. The molecule has 0 bridgehead atoms. The second kappa shape index (κ2) is 14.0. The second-order valence-electron chi connectivity index (χ2n) is 5.86. The van der Waals surface area contributed by atoms with Crippen LogP contribution in [0.2, 0.25) is 6.55 Å². The van der Waals surface area contributed by atoms with Crippen molar-refractivity contribution in [3.8, 4) is 0 Å². The molecule has 0 atom stereocenters. The lowest BCUT2D eigenvalue weighted by molar-refractivity contribution is -0.146. The van der Waals surface area contributed by atoms with Crippen LogP contribution >= 0.6 is 0 Å². The molecule has 0 heterocycles. The molecule has 0 amide bonds. The Bertz CT molecular complexity index is 609. The number of hydrogen-bond donors (Lipinski definition) is 0. The summed E-state index contributed by atoms with van der Waals surface area (Å²) < 4.78 is 31.4. The van der Waals surface area contributed by atoms with E-state index in [0.29, 0.717) is 25.0 Å². The van der Waals surface area contributed by atoms with Gasteiger partial charge in [-0.25, -0.2) is 0 Å². The molecule has 0 radical (unpaired) electrons. The predicted molar refractivity (Wildman–Crippen MR) is 114 cm³/mol. The van der Waals surface area contributed by atoms with E-state index in [1.165, 1.54) is 0 Å². The predicted octanol–water partition coefficient (Wildman–Crippen LogP) is 2.19. The van der Waals surface area contributed by atoms with Gasteiger partial charge in [-0.2, -0.15) is 0 Å². The first-order valence-corrected chi connectivity index (χ1v) is 13.5. The molecule has 0 aromatic heterocycles. The highest BCUT2D eigenvalue weighted by atomic mass is 28.4. The van der Waals surface area contributed by atoms with E-state index in [9.17, 15) is 14.4 Å². The normalized spacial score (nSPS) is 11.0. The third kappa shape index (κ3) is 10.6. The Morgan fingerprint density at radius 2 is 1.03 bits per heavy atom. The Hall–Kier alpha value is -2.06. The fourth-order valence-electron chi connectivity index (χ4n) is 2.36. The van der Waals surface area contributed by atoms with Crippen molar-refractivity contribution in [2.24, 2.45) is 0 Å². The number of carbonyl (C=O) groups is 3. The van der Waals surface area contributed by atoms with Gasteiger partial charge in [0.2, 0.25) is 0 Å². The zero-order chi connectivity index (χ0) is 23.2. The molecule has 1 aromatic carbocycles. The van der Waals surface area contributed by atoms with Crippen molar-refractivity contribution in [1.29, 1.82) is 0 Å². The summed E-state index contributed by atoms with van der Waals surface area (Å²) in [7, 11) is -6.16. The molecule has 0 aliphatic heterocycles. The fraction of sp³-hybridized carbons (Fsp3) is 0.526. The van der Waals surface area contributed by atoms with Gasteiger partial charge in [0.15, 0.2) is 0 Å². The minimum absolute atomic E-state index is 0.357. The molecule has 170 valence electrons. The number of carbonyl (C=O) groups excluding carboxylic acids is 3. The first-order chi connectivity index (χ1) is 14.0. The summed E-state index contributed by atoms with van der Waals surface area (Å²) in [5, 5.41) is 0.357. The number of benzene rings is 1. The summed E-state index contributed by atoms with van der Waals surface area (Å²) in [6.07, 6.45) is 0. The third-order valence-electron chi connectivity index (χ3n) is 3.18. The van der Waals surface area contributed by atoms with E-state index in [0.717, 1.165) is 20.8 Å². The van der Waals surface area contributed by atoms with E-state index < -0.39 is 35.5 Å². The van der Waals surface area contributed by atoms with E-state index in [1.807, 2.05) is 27.3 Å². The van der Waals surface area contributed by atoms with E-state index >= 15 is 0 Å². The summed E-state index contributed by atoms with van der Waals surface area (Å²) in [5.41, 5.74) is 0. The van der Waals surface area contributed by atoms with Gasteiger partial charge in [0.1, 0.15) is 0 Å². The van der Waals surface area contributed by atoms with Crippen molar-refractivity contribution in [2.75, 3.05) is 19.8 Å². The van der Waals surface area contributed by atoms with Gasteiger partial charge < -0.3 is 26.6 Å². The largest absolute Gasteiger partial charge is 0.742 e. The number of hydrogen-bond acceptors (Lipinski definition) is 9. The van der Waals surface area contributed by atoms with Crippen LogP contribution in [-0.4, -0.2) is 55.3 Å². The molecule has 30 heavy (non-hydrogen) atoms. The maximum atomic E-state index is 11.2. The molecular weight excluding hydrogens is 428 g/mol. The smallest absolute Gasteiger partial charge is 0.452 e. The van der Waals surface area contributed by atoms with Crippen molar-refractivity contribution in [1.82, 2.24) is 0 Å². The van der Waals surface area contributed by atoms with Gasteiger partial charge in [0, 0.05) is 47.1 Å². The van der Waals surface area contributed by atoms with Crippen molar-refractivity contribution >= 4 is 40.7 Å². The second-order valence-corrected chi connectivity index (χ2v) is 10.8. The number of rotatable bonds is 10. The molecular formula is C19H32O9Si2. The molecule has 0 saturated heterocycles. The van der Waals surface area contributed by atoms with Gasteiger partial charge >= 0.3 is 17.6 Å². The zero-order valence-corrected chi connectivity index (χ0v) is 20.7. The Morgan fingerprint density at radius 3 is 1.30 bits per heavy atom. The minimum atomic E-state index is -3.91. The van der Waals surface area contributed by atoms with Crippen LogP contribution in [0.25, 0.3) is 0 Å². The quantitative estimate of drug-likeness (QED) is 0.486. The highest BCUT2D eigenvalue weighted by molar-refractivity contribution is 6.79. The van der Waals surface area contributed by atoms with Crippen LogP contribution in [0.5, 0.6) is 0 Å². The zero-order valence-electron chi connectivity index (χ0n) is 18.7. The molecule has 0 aliphatic carbocycles. The first-order valence-electron chi connectivity index (χ1n) is 9.60. The highest BCUT2D eigenvalue weighted by Gasteiger charge is 2.54. The van der Waals surface area contributed by atoms with E-state index in [4.69, 9.17) is 26.6 Å². The van der Waals surface area contributed by atoms with Crippen LogP contribution in [0.15, 0.2) is 30.3 Å². The van der Waals surface area contributed by atoms with Gasteiger partial charge in [0.05, 0.1) is 5.19 Å². The molecule has 0 N–H and O–H groups in total. The minimum Gasteiger partial charge on any atom is -0.452 e. The van der Waals surface area contributed by atoms with Gasteiger partial charge in [-0.15, -0.1) is 0 Å². The van der Waals surface area contributed by atoms with Crippen molar-refractivity contribution in [3.63, 3.8) is 0 Å². The summed E-state index contributed by atoms with van der Waals surface area (Å²) in [4.78, 5) is 33.7. The van der Waals surface area contributed by atoms with Crippen molar-refractivity contribution < 1.29 is 40.9 Å². The maximum Gasteiger partial charge on any atom is 0.742 e. The summed E-state index contributed by atoms with van der Waals surface area (Å²) >= 11 is 0. The van der Waals surface area contributed by atoms with Crippen LogP contribution in [0.1, 0.15) is 41.5 Å². The molecule has 1 rings (SSSR count). The van der Waals surface area contributed by atoms with E-state index in [1.54, 1.807) is 30.3 Å². The molecule has 0 aliphatic rings. The first kappa shape index (κ1) is 27.9. The molecule has 0 saturated carbocycles. The molecule has 0 fully saturated rings. The Balaban J connectivity index is 0.000000654. The Kier molecular flexibility index (Phi) is 13.1. The van der Waals surface area contributed by atoms with Gasteiger partial charge in [0.25, 0.3) is 17.9 Å². The molecule has 11 heteroatoms. The average molecular weight is 461 g/mol. The summed E-state index contributed by atoms with van der Waals surface area (Å²) in [5.74, 6) is -2.09. The topological polar surface area (TPSA) is 107 Å². The van der Waals surface area contributed by atoms with Crippen molar-refractivity contribution in [2.45, 2.75) is 48.1 Å². The monoisotopic (exact) mass is 460 g/mol. The van der Waals surface area contributed by atoms with Crippen LogP contribution in [0, 0.1) is 0 Å². The van der Waals surface area contributed by atoms with E-state index in [-0.39, 0.29) is 0 Å². The highest BCUT2D eigenvalue weighted by Crippen LogP contribution is 2.12. The third-order valence-corrected chi connectivity index (χ3v) is 8.33. The Labute approximate surface area is 180 Å². The lowest BCUT2D eigenvalue weighted by atomic mass is 10.4. The fourth-order valence-corrected chi connectivity index (χ4v) is 6.40. The Morgan fingerprint density at radius 1 is 0.700 bits per heavy atom. The van der Waals surface area contributed by atoms with Crippen LogP contribution in [0.4, 0.5) is 0 Å². The van der Waals surface area contributed by atoms with Crippen LogP contribution in [0.3, 0.4) is 0 Å². The van der Waals surface area contributed by atoms with Crippen LogP contribution in [-0.2, 0) is 40.9 Å². The van der Waals surface area contributed by atoms with Crippen molar-refractivity contribution in [3.05, 3.63) is 30.3 Å². The maximum absolute atomic E-state index is 11.2. The molecule has 0 unspecified atom stereocenters. The summed E-state index contributed by atoms with van der Waals surface area (Å²) in [6.45, 7) is 13.2. The standard InChI is InChI=1S/C12H14O6Si.C7H18O3Si/c1-9(13)16-19(17-10(2)14,18-11(3)15)12-7-5-4-6-8-12;1-5-8-11(4,9-6-2)10-7-3/h4-8H,1-3H3;5-7H2,1-4H3. The SMILES string of the molecule is CC(=O)O[Si](OC(C)=O)(OC(C)=O)c1ccccc1.CCO[Si](C)(OCC)OCC. The lowest BCUT2D eigenvalue weighted by Crippen LogP contribution is -2.59. The van der Waals surface area contributed by atoms with Gasteiger partial charge in [-0.05, 0) is 20.8 Å². The van der Waals surface area contributed by atoms with Crippen LogP contribution < -0.4 is 5.19 Å². The van der Waals surface area contributed by atoms with Gasteiger partial charge in [-0.1, -0.05) is 30.3 Å². The lowest BCUT2D eigenvalue weighted by Gasteiger charge is -2.26. The van der Waals surface area contributed by atoms with Gasteiger partial charge in [-0.3, -0.25) is 14.4 Å².